The number of hydrogen-bond acceptors (Lipinski definition) is 2. The zero-order chi connectivity index (χ0) is 26.7. The van der Waals surface area contributed by atoms with Crippen LogP contribution in [0.2, 0.25) is 0 Å². The Balaban J connectivity index is 0.000000144. The van der Waals surface area contributed by atoms with Gasteiger partial charge in [-0.25, -0.2) is 0 Å². The summed E-state index contributed by atoms with van der Waals surface area (Å²) in [5.41, 5.74) is 4.50. The van der Waals surface area contributed by atoms with Crippen LogP contribution in [0.1, 0.15) is 0 Å². The summed E-state index contributed by atoms with van der Waals surface area (Å²) in [6, 6.07) is 50.6. The van der Waals surface area contributed by atoms with Crippen LogP contribution in [-0.4, -0.2) is 9.97 Å². The molecule has 0 aliphatic rings. The first-order chi connectivity index (χ1) is 19.9. The van der Waals surface area contributed by atoms with Gasteiger partial charge in [0.25, 0.3) is 0 Å². The molecule has 2 aromatic heterocycles. The van der Waals surface area contributed by atoms with Crippen molar-refractivity contribution in [2.24, 2.45) is 0 Å². The van der Waals surface area contributed by atoms with Crippen molar-refractivity contribution in [2.75, 3.05) is 0 Å². The van der Waals surface area contributed by atoms with Crippen LogP contribution >= 0.6 is 0 Å². The molecule has 41 heavy (non-hydrogen) atoms. The molecule has 0 unspecified atom stereocenters. The van der Waals surface area contributed by atoms with Gasteiger partial charge >= 0.3 is 20.1 Å². The molecule has 0 saturated carbocycles. The molecule has 2 nitrogen and oxygen atoms in total. The van der Waals surface area contributed by atoms with Crippen molar-refractivity contribution in [1.82, 2.24) is 9.97 Å². The van der Waals surface area contributed by atoms with Crippen LogP contribution in [-0.2, 0) is 20.1 Å². The van der Waals surface area contributed by atoms with E-state index in [9.17, 15) is 0 Å². The van der Waals surface area contributed by atoms with Crippen molar-refractivity contribution in [3.05, 3.63) is 158 Å². The van der Waals surface area contributed by atoms with Crippen LogP contribution < -0.4 is 0 Å². The van der Waals surface area contributed by atoms with Crippen LogP contribution in [0.25, 0.3) is 65.6 Å². The van der Waals surface area contributed by atoms with Gasteiger partial charge in [-0.15, -0.1) is 0 Å². The van der Waals surface area contributed by atoms with Gasteiger partial charge in [0.15, 0.2) is 0 Å². The van der Waals surface area contributed by atoms with Gasteiger partial charge in [0, 0.05) is 34.3 Å². The normalized spacial score (nSPS) is 10.7. The second-order valence-electron chi connectivity index (χ2n) is 9.81. The molecule has 2 heterocycles. The number of benzene rings is 6. The van der Waals surface area contributed by atoms with E-state index in [0.717, 1.165) is 11.4 Å². The van der Waals surface area contributed by atoms with Crippen LogP contribution in [0, 0.1) is 0 Å². The van der Waals surface area contributed by atoms with Gasteiger partial charge in [-0.05, 0) is 44.5 Å². The molecule has 0 fully saturated rings. The molecular weight excluding hydrogens is 677 g/mol. The summed E-state index contributed by atoms with van der Waals surface area (Å²) in [6.45, 7) is 0. The summed E-state index contributed by atoms with van der Waals surface area (Å²) in [6.07, 6.45) is 3.78. The minimum atomic E-state index is 0. The molecule has 8 rings (SSSR count). The molecule has 0 radical (unpaired) electrons. The van der Waals surface area contributed by atoms with E-state index in [1.807, 2.05) is 12.4 Å². The zero-order valence-electron chi connectivity index (χ0n) is 22.2. The molecule has 0 N–H and O–H groups in total. The average Bonchev–Trinajstić information content (AvgIpc) is 3.04. The third-order valence-electron chi connectivity index (χ3n) is 7.44. The Bertz CT molecular complexity index is 1800. The number of pyridine rings is 2. The van der Waals surface area contributed by atoms with E-state index in [1.165, 1.54) is 54.2 Å². The molecule has 0 atom stereocenters. The number of nitrogens with zero attached hydrogens (tertiary/aromatic N) is 2. The summed E-state index contributed by atoms with van der Waals surface area (Å²) in [4.78, 5) is 9.25. The van der Waals surface area contributed by atoms with E-state index in [-0.39, 0.29) is 20.1 Å². The number of aromatic nitrogens is 2. The Morgan fingerprint density at radius 1 is 0.293 bits per heavy atom. The Morgan fingerprint density at radius 2 is 0.610 bits per heavy atom. The van der Waals surface area contributed by atoms with E-state index in [4.69, 9.17) is 0 Å². The minimum Gasteiger partial charge on any atom is -0.256 e. The Kier molecular flexibility index (Phi) is 7.65. The smallest absolute Gasteiger partial charge is 0.256 e. The predicted octanol–water partition coefficient (Wildman–Crippen LogP) is 10.1. The topological polar surface area (TPSA) is 25.8 Å². The van der Waals surface area contributed by atoms with Crippen molar-refractivity contribution in [3.8, 4) is 22.5 Å². The van der Waals surface area contributed by atoms with E-state index in [1.54, 1.807) is 0 Å². The molecule has 0 bridgehead atoms. The van der Waals surface area contributed by atoms with Crippen molar-refractivity contribution in [1.29, 1.82) is 0 Å². The van der Waals surface area contributed by atoms with Gasteiger partial charge < -0.3 is 0 Å². The first kappa shape index (κ1) is 26.5. The predicted molar refractivity (Wildman–Crippen MR) is 169 cm³/mol. The number of hydrogen-bond donors (Lipinski definition) is 0. The monoisotopic (exact) mass is 703 g/mol. The van der Waals surface area contributed by atoms with Crippen molar-refractivity contribution >= 4 is 43.1 Å². The van der Waals surface area contributed by atoms with Crippen LogP contribution in [0.15, 0.2) is 158 Å². The average molecular weight is 703 g/mol. The molecule has 194 valence electrons. The molecule has 0 aliphatic heterocycles. The molecule has 0 saturated heterocycles. The second-order valence-corrected chi connectivity index (χ2v) is 9.81. The molecule has 0 amide bonds. The van der Waals surface area contributed by atoms with Crippen LogP contribution in [0.3, 0.4) is 0 Å². The molecule has 8 aromatic rings. The maximum Gasteiger partial charge on any atom is 3.00 e. The molecule has 0 aliphatic carbocycles. The fraction of sp³-hybridized carbons (Fsp3) is 0. The van der Waals surface area contributed by atoms with Gasteiger partial charge in [-0.2, -0.15) is 0 Å². The Labute approximate surface area is 252 Å². The molecule has 0 spiro atoms. The Morgan fingerprint density at radius 3 is 1.02 bits per heavy atom. The van der Waals surface area contributed by atoms with Gasteiger partial charge in [0.05, 0.1) is 11.4 Å². The molecule has 3 heteroatoms. The summed E-state index contributed by atoms with van der Waals surface area (Å²) in [7, 11) is 0. The summed E-state index contributed by atoms with van der Waals surface area (Å²) in [5, 5.41) is 9.85. The van der Waals surface area contributed by atoms with E-state index in [0.29, 0.717) is 0 Å². The second kappa shape index (κ2) is 11.8. The third kappa shape index (κ3) is 5.14. The standard InChI is InChI=1S/2C19H13N.Ir/c2*1-3-9-16-14(6-1)8-5-11-18(16)19-17-10-4-2-7-15(17)12-13-20-19;/h2*1-13H;/q;;+3. The number of rotatable bonds is 2. The SMILES string of the molecule is [Ir+3].c1ccc2c(-c3nccc4ccccc34)cccc2c1.c1ccc2c(-c3nccc4ccccc34)cccc2c1. The first-order valence-corrected chi connectivity index (χ1v) is 13.5. The molecule has 6 aromatic carbocycles. The van der Waals surface area contributed by atoms with Crippen molar-refractivity contribution in [2.45, 2.75) is 0 Å². The van der Waals surface area contributed by atoms with Gasteiger partial charge in [0.1, 0.15) is 0 Å². The van der Waals surface area contributed by atoms with Crippen LogP contribution in [0.4, 0.5) is 0 Å². The van der Waals surface area contributed by atoms with E-state index in [2.05, 4.69) is 156 Å². The summed E-state index contributed by atoms with van der Waals surface area (Å²) >= 11 is 0. The third-order valence-corrected chi connectivity index (χ3v) is 7.44. The fourth-order valence-corrected chi connectivity index (χ4v) is 5.53. The maximum atomic E-state index is 4.63. The van der Waals surface area contributed by atoms with Crippen molar-refractivity contribution < 1.29 is 20.1 Å². The van der Waals surface area contributed by atoms with E-state index < -0.39 is 0 Å². The minimum absolute atomic E-state index is 0. The maximum absolute atomic E-state index is 4.63. The summed E-state index contributed by atoms with van der Waals surface area (Å²) in [5.74, 6) is 0. The molecular formula is C38H26IrN2+3. The van der Waals surface area contributed by atoms with Gasteiger partial charge in [-0.1, -0.05) is 133 Å². The van der Waals surface area contributed by atoms with Crippen molar-refractivity contribution in [3.63, 3.8) is 0 Å². The van der Waals surface area contributed by atoms with Crippen LogP contribution in [0.5, 0.6) is 0 Å². The number of fused-ring (bicyclic) bond motifs is 4. The largest absolute Gasteiger partial charge is 3.00 e. The zero-order valence-corrected chi connectivity index (χ0v) is 24.6. The first-order valence-electron chi connectivity index (χ1n) is 13.5. The van der Waals surface area contributed by atoms with Gasteiger partial charge in [-0.3, -0.25) is 9.97 Å². The summed E-state index contributed by atoms with van der Waals surface area (Å²) < 4.78 is 0. The van der Waals surface area contributed by atoms with Gasteiger partial charge in [0.2, 0.25) is 0 Å². The van der Waals surface area contributed by atoms with E-state index >= 15 is 0 Å². The Hall–Kier alpha value is -4.69. The quantitative estimate of drug-likeness (QED) is 0.179. The fourth-order valence-electron chi connectivity index (χ4n) is 5.53.